The predicted molar refractivity (Wildman–Crippen MR) is 146 cm³/mol. The Kier molecular flexibility index (Phi) is 6.88. The molecule has 0 spiro atoms. The van der Waals surface area contributed by atoms with Crippen LogP contribution in [0.2, 0.25) is 0 Å². The molecule has 0 fully saturated rings. The summed E-state index contributed by atoms with van der Waals surface area (Å²) in [6, 6.07) is 5.66. The zero-order valence-electron chi connectivity index (χ0n) is 23.1. The molecule has 0 saturated heterocycles. The topological polar surface area (TPSA) is 81.0 Å². The first-order valence-corrected chi connectivity index (χ1v) is 12.8. The molecule has 0 radical (unpaired) electrons. The molecular formula is C30H38N2O5. The second kappa shape index (κ2) is 9.53. The third-order valence-corrected chi connectivity index (χ3v) is 7.12. The molecule has 1 aromatic carbocycles. The summed E-state index contributed by atoms with van der Waals surface area (Å²) in [6.45, 7) is 14.6. The van der Waals surface area contributed by atoms with Crippen molar-refractivity contribution in [3.05, 3.63) is 69.7 Å². The van der Waals surface area contributed by atoms with Crippen LogP contribution in [0.3, 0.4) is 0 Å². The van der Waals surface area contributed by atoms with Crippen LogP contribution in [0.1, 0.15) is 76.0 Å². The summed E-state index contributed by atoms with van der Waals surface area (Å²) in [5, 5.41) is 10.5. The van der Waals surface area contributed by atoms with Gasteiger partial charge in [-0.1, -0.05) is 26.8 Å². The van der Waals surface area contributed by atoms with E-state index in [9.17, 15) is 14.7 Å². The largest absolute Gasteiger partial charge is 0.496 e. The van der Waals surface area contributed by atoms with E-state index in [1.807, 2.05) is 27.8 Å². The van der Waals surface area contributed by atoms with Crippen molar-refractivity contribution in [3.8, 4) is 17.0 Å². The number of methoxy groups -OCH3 is 1. The maximum Gasteiger partial charge on any atom is 0.343 e. The Bertz CT molecular complexity index is 1340. The van der Waals surface area contributed by atoms with Crippen LogP contribution in [-0.2, 0) is 11.2 Å². The van der Waals surface area contributed by atoms with E-state index in [1.165, 1.54) is 0 Å². The number of aromatic nitrogens is 1. The highest BCUT2D eigenvalue weighted by molar-refractivity contribution is 5.90. The van der Waals surface area contributed by atoms with E-state index in [-0.39, 0.29) is 34.6 Å². The van der Waals surface area contributed by atoms with E-state index in [0.717, 1.165) is 34.4 Å². The van der Waals surface area contributed by atoms with Gasteiger partial charge in [0.25, 0.3) is 0 Å². The van der Waals surface area contributed by atoms with Crippen molar-refractivity contribution in [2.75, 3.05) is 13.7 Å². The second-order valence-electron chi connectivity index (χ2n) is 11.8. The molecule has 4 rings (SSSR count). The van der Waals surface area contributed by atoms with Gasteiger partial charge in [-0.25, -0.2) is 4.79 Å². The first-order valence-electron chi connectivity index (χ1n) is 12.8. The molecule has 2 aliphatic rings. The third-order valence-electron chi connectivity index (χ3n) is 7.12. The van der Waals surface area contributed by atoms with Gasteiger partial charge in [-0.05, 0) is 63.3 Å². The molecule has 3 heterocycles. The average molecular weight is 507 g/mol. The first kappa shape index (κ1) is 26.7. The Morgan fingerprint density at radius 2 is 1.81 bits per heavy atom. The van der Waals surface area contributed by atoms with E-state index < -0.39 is 12.2 Å². The number of rotatable bonds is 4. The van der Waals surface area contributed by atoms with Gasteiger partial charge in [0.05, 0.1) is 19.4 Å². The van der Waals surface area contributed by atoms with E-state index in [2.05, 4.69) is 47.6 Å². The Hall–Kier alpha value is -3.32. The highest BCUT2D eigenvalue weighted by atomic mass is 16.5. The smallest absolute Gasteiger partial charge is 0.343 e. The average Bonchev–Trinajstić information content (AvgIpc) is 2.81. The quantitative estimate of drug-likeness (QED) is 0.576. The van der Waals surface area contributed by atoms with Crippen molar-refractivity contribution in [3.63, 3.8) is 0 Å². The molecule has 2 unspecified atom stereocenters. The van der Waals surface area contributed by atoms with E-state index >= 15 is 0 Å². The summed E-state index contributed by atoms with van der Waals surface area (Å²) >= 11 is 0. The van der Waals surface area contributed by atoms with Crippen molar-refractivity contribution in [2.24, 2.45) is 5.41 Å². The SMILES string of the molecule is CCOC(=O)c1cn2c(cc1=O)-c1cc(OC)c(C3=CN(C(C)(C)C)C(O)C=C3)cc1CC2C(C)(C)C. The molecule has 2 aromatic rings. The van der Waals surface area contributed by atoms with Crippen LogP contribution in [0.25, 0.3) is 16.8 Å². The number of fused-ring (bicyclic) bond motifs is 3. The van der Waals surface area contributed by atoms with Gasteiger partial charge in [-0.15, -0.1) is 0 Å². The summed E-state index contributed by atoms with van der Waals surface area (Å²) in [6.07, 6.45) is 7.35. The van der Waals surface area contributed by atoms with E-state index in [1.54, 1.807) is 32.4 Å². The Labute approximate surface area is 219 Å². The highest BCUT2D eigenvalue weighted by Gasteiger charge is 2.35. The first-order chi connectivity index (χ1) is 17.3. The number of ether oxygens (including phenoxy) is 2. The molecule has 0 aliphatic carbocycles. The molecule has 7 nitrogen and oxygen atoms in total. The molecule has 1 N–H and O–H groups in total. The summed E-state index contributed by atoms with van der Waals surface area (Å²) in [5.74, 6) is 0.0679. The number of carbonyl (C=O) groups excluding carboxylic acids is 1. The number of benzene rings is 1. The Morgan fingerprint density at radius 3 is 2.41 bits per heavy atom. The minimum atomic E-state index is -0.704. The van der Waals surface area contributed by atoms with Crippen molar-refractivity contribution in [1.29, 1.82) is 0 Å². The summed E-state index contributed by atoms with van der Waals surface area (Å²) in [4.78, 5) is 27.4. The normalized spacial score (nSPS) is 19.2. The molecule has 198 valence electrons. The number of allylic oxidation sites excluding steroid dienone is 2. The number of hydrogen-bond donors (Lipinski definition) is 1. The van der Waals surface area contributed by atoms with Gasteiger partial charge in [0.15, 0.2) is 5.43 Å². The monoisotopic (exact) mass is 506 g/mol. The van der Waals surface area contributed by atoms with Gasteiger partial charge < -0.3 is 24.0 Å². The van der Waals surface area contributed by atoms with E-state index in [4.69, 9.17) is 9.47 Å². The fourth-order valence-corrected chi connectivity index (χ4v) is 5.14. The molecule has 2 atom stereocenters. The number of hydrogen-bond acceptors (Lipinski definition) is 6. The lowest BCUT2D eigenvalue weighted by Crippen LogP contribution is -2.44. The van der Waals surface area contributed by atoms with Crippen LogP contribution in [0.15, 0.2) is 47.5 Å². The Balaban J connectivity index is 1.92. The van der Waals surface area contributed by atoms with Gasteiger partial charge in [-0.3, -0.25) is 4.79 Å². The molecule has 2 aliphatic heterocycles. The second-order valence-corrected chi connectivity index (χ2v) is 11.8. The number of nitrogens with zero attached hydrogens (tertiary/aromatic N) is 2. The number of carbonyl (C=O) groups is 1. The fraction of sp³-hybridized carbons (Fsp3) is 0.467. The van der Waals surface area contributed by atoms with Gasteiger partial charge in [-0.2, -0.15) is 0 Å². The zero-order chi connectivity index (χ0) is 27.3. The molecule has 0 saturated carbocycles. The number of aliphatic hydroxyl groups is 1. The van der Waals surface area contributed by atoms with E-state index in [0.29, 0.717) is 5.75 Å². The summed E-state index contributed by atoms with van der Waals surface area (Å²) in [7, 11) is 1.63. The maximum absolute atomic E-state index is 13.0. The lowest BCUT2D eigenvalue weighted by atomic mass is 9.78. The molecule has 1 aromatic heterocycles. The van der Waals surface area contributed by atoms with Gasteiger partial charge in [0.2, 0.25) is 0 Å². The van der Waals surface area contributed by atoms with Crippen molar-refractivity contribution in [2.45, 2.75) is 72.7 Å². The van der Waals surface area contributed by atoms with Crippen LogP contribution in [0.4, 0.5) is 0 Å². The lowest BCUT2D eigenvalue weighted by molar-refractivity contribution is 0.0194. The number of esters is 1. The van der Waals surface area contributed by atoms with Crippen LogP contribution in [0.5, 0.6) is 5.75 Å². The highest BCUT2D eigenvalue weighted by Crippen LogP contribution is 2.45. The standard InChI is InChI=1S/C30H38N2O5/c1-9-37-28(35)22-17-31-23(15-24(22)33)20-14-25(36-8)21(12-19(20)13-26(31)29(2,3)4)18-10-11-27(34)32(16-18)30(5,6)7/h10-12,14-17,26-27,34H,9,13H2,1-8H3. The minimum Gasteiger partial charge on any atom is -0.496 e. The molecular weight excluding hydrogens is 468 g/mol. The van der Waals surface area contributed by atoms with Crippen molar-refractivity contribution in [1.82, 2.24) is 9.47 Å². The van der Waals surface area contributed by atoms with Crippen molar-refractivity contribution >= 4 is 11.5 Å². The van der Waals surface area contributed by atoms with Crippen LogP contribution in [-0.4, -0.2) is 46.0 Å². The molecule has 0 bridgehead atoms. The van der Waals surface area contributed by atoms with Crippen LogP contribution >= 0.6 is 0 Å². The van der Waals surface area contributed by atoms with Gasteiger partial charge in [0.1, 0.15) is 17.5 Å². The predicted octanol–water partition coefficient (Wildman–Crippen LogP) is 5.17. The lowest BCUT2D eigenvalue weighted by Gasteiger charge is -2.40. The number of pyridine rings is 1. The Morgan fingerprint density at radius 1 is 1.11 bits per heavy atom. The maximum atomic E-state index is 13.0. The summed E-state index contributed by atoms with van der Waals surface area (Å²) < 4.78 is 13.0. The van der Waals surface area contributed by atoms with Crippen molar-refractivity contribution < 1.29 is 19.4 Å². The summed E-state index contributed by atoms with van der Waals surface area (Å²) in [5.41, 5.74) is 3.88. The zero-order valence-corrected chi connectivity index (χ0v) is 23.1. The molecule has 37 heavy (non-hydrogen) atoms. The fourth-order valence-electron chi connectivity index (χ4n) is 5.14. The molecule has 0 amide bonds. The molecule has 7 heteroatoms. The van der Waals surface area contributed by atoms with Crippen LogP contribution in [0, 0.1) is 5.41 Å². The minimum absolute atomic E-state index is 0.00814. The van der Waals surface area contributed by atoms with Gasteiger partial charge in [0, 0.05) is 46.7 Å². The third kappa shape index (κ3) is 4.97. The van der Waals surface area contributed by atoms with Crippen LogP contribution < -0.4 is 10.2 Å². The van der Waals surface area contributed by atoms with Gasteiger partial charge >= 0.3 is 5.97 Å². The number of aliphatic hydroxyl groups excluding tert-OH is 1.